The van der Waals surface area contributed by atoms with Gasteiger partial charge < -0.3 is 9.84 Å². The van der Waals surface area contributed by atoms with E-state index in [1.54, 1.807) is 31.2 Å². The third-order valence-electron chi connectivity index (χ3n) is 1.44. The number of benzene rings is 1. The number of hydrogen-bond acceptors (Lipinski definition) is 3. The molecule has 0 aliphatic rings. The van der Waals surface area contributed by atoms with E-state index >= 15 is 0 Å². The van der Waals surface area contributed by atoms with Crippen LogP contribution in [0, 0.1) is 0 Å². The maximum Gasteiger partial charge on any atom is 0.378 e. The molecule has 0 fully saturated rings. The van der Waals surface area contributed by atoms with Crippen molar-refractivity contribution in [2.45, 2.75) is 6.92 Å². The standard InChI is InChI=1S/C10H10O3/c1-2-9(11)10(12)13-8-6-4-3-5-7-8/h2-7,11H,1H3. The molecular weight excluding hydrogens is 168 g/mol. The van der Waals surface area contributed by atoms with Crippen molar-refractivity contribution in [1.29, 1.82) is 0 Å². The molecule has 1 aromatic rings. The van der Waals surface area contributed by atoms with Crippen molar-refractivity contribution in [2.24, 2.45) is 0 Å². The number of hydrogen-bond donors (Lipinski definition) is 1. The minimum absolute atomic E-state index is 0.385. The molecule has 0 saturated heterocycles. The highest BCUT2D eigenvalue weighted by molar-refractivity contribution is 5.87. The number of rotatable bonds is 2. The Bertz CT molecular complexity index is 314. The number of carbonyl (C=O) groups excluding carboxylic acids is 1. The lowest BCUT2D eigenvalue weighted by molar-refractivity contribution is -0.132. The van der Waals surface area contributed by atoms with Crippen molar-refractivity contribution in [1.82, 2.24) is 0 Å². The predicted octanol–water partition coefficient (Wildman–Crippen LogP) is 2.05. The van der Waals surface area contributed by atoms with Crippen molar-refractivity contribution in [3.05, 3.63) is 42.2 Å². The molecule has 1 rings (SSSR count). The van der Waals surface area contributed by atoms with Crippen molar-refractivity contribution < 1.29 is 14.6 Å². The monoisotopic (exact) mass is 178 g/mol. The SMILES string of the molecule is CC=C(O)C(=O)Oc1ccccc1. The van der Waals surface area contributed by atoms with Gasteiger partial charge in [0.2, 0.25) is 0 Å². The molecule has 1 aromatic carbocycles. The Morgan fingerprint density at radius 2 is 2.00 bits per heavy atom. The van der Waals surface area contributed by atoms with Crippen LogP contribution in [-0.2, 0) is 4.79 Å². The molecule has 0 heterocycles. The summed E-state index contributed by atoms with van der Waals surface area (Å²) < 4.78 is 4.81. The highest BCUT2D eigenvalue weighted by Gasteiger charge is 2.07. The smallest absolute Gasteiger partial charge is 0.378 e. The van der Waals surface area contributed by atoms with Crippen LogP contribution in [0.1, 0.15) is 6.92 Å². The van der Waals surface area contributed by atoms with Crippen molar-refractivity contribution >= 4 is 5.97 Å². The summed E-state index contributed by atoms with van der Waals surface area (Å²) in [7, 11) is 0. The van der Waals surface area contributed by atoms with E-state index in [1.807, 2.05) is 6.07 Å². The van der Waals surface area contributed by atoms with Crippen LogP contribution in [-0.4, -0.2) is 11.1 Å². The second-order valence-electron chi connectivity index (χ2n) is 2.38. The lowest BCUT2D eigenvalue weighted by atomic mass is 10.3. The summed E-state index contributed by atoms with van der Waals surface area (Å²) in [5.41, 5.74) is 0. The first-order chi connectivity index (χ1) is 6.24. The van der Waals surface area contributed by atoms with Gasteiger partial charge in [-0.1, -0.05) is 18.2 Å². The van der Waals surface area contributed by atoms with E-state index in [-0.39, 0.29) is 5.76 Å². The topological polar surface area (TPSA) is 46.5 Å². The maximum absolute atomic E-state index is 11.0. The van der Waals surface area contributed by atoms with Crippen LogP contribution in [0.3, 0.4) is 0 Å². The molecular formula is C10H10O3. The number of allylic oxidation sites excluding steroid dienone is 1. The Labute approximate surface area is 76.3 Å². The summed E-state index contributed by atoms with van der Waals surface area (Å²) >= 11 is 0. The van der Waals surface area contributed by atoms with Gasteiger partial charge in [0.05, 0.1) is 0 Å². The van der Waals surface area contributed by atoms with Gasteiger partial charge >= 0.3 is 5.97 Å². The third-order valence-corrected chi connectivity index (χ3v) is 1.44. The Balaban J connectivity index is 2.66. The van der Waals surface area contributed by atoms with Crippen LogP contribution in [0.2, 0.25) is 0 Å². The molecule has 68 valence electrons. The average Bonchev–Trinajstić information content (AvgIpc) is 2.18. The van der Waals surface area contributed by atoms with Gasteiger partial charge in [-0.25, -0.2) is 4.79 Å². The zero-order valence-electron chi connectivity index (χ0n) is 7.23. The molecule has 0 unspecified atom stereocenters. The second-order valence-corrected chi connectivity index (χ2v) is 2.38. The molecule has 1 N–H and O–H groups in total. The molecule has 3 nitrogen and oxygen atoms in total. The maximum atomic E-state index is 11.0. The van der Waals surface area contributed by atoms with Crippen LogP contribution in [0.5, 0.6) is 5.75 Å². The lowest BCUT2D eigenvalue weighted by Crippen LogP contribution is -2.10. The van der Waals surface area contributed by atoms with Crippen LogP contribution in [0.4, 0.5) is 0 Å². The Kier molecular flexibility index (Phi) is 3.09. The first-order valence-electron chi connectivity index (χ1n) is 3.86. The quantitative estimate of drug-likeness (QED) is 0.326. The van der Waals surface area contributed by atoms with Gasteiger partial charge in [0.1, 0.15) is 5.75 Å². The summed E-state index contributed by atoms with van der Waals surface area (Å²) in [5.74, 6) is -0.710. The van der Waals surface area contributed by atoms with Crippen molar-refractivity contribution in [3.63, 3.8) is 0 Å². The highest BCUT2D eigenvalue weighted by Crippen LogP contribution is 2.09. The minimum Gasteiger partial charge on any atom is -0.502 e. The van der Waals surface area contributed by atoms with Crippen molar-refractivity contribution in [3.8, 4) is 5.75 Å². The Morgan fingerprint density at radius 3 is 2.54 bits per heavy atom. The molecule has 0 aliphatic carbocycles. The van der Waals surface area contributed by atoms with Crippen LogP contribution in [0.25, 0.3) is 0 Å². The van der Waals surface area contributed by atoms with E-state index in [9.17, 15) is 4.79 Å². The fourth-order valence-electron chi connectivity index (χ4n) is 0.766. The average molecular weight is 178 g/mol. The normalized spacial score (nSPS) is 11.0. The molecule has 13 heavy (non-hydrogen) atoms. The van der Waals surface area contributed by atoms with E-state index in [0.29, 0.717) is 5.75 Å². The van der Waals surface area contributed by atoms with Gasteiger partial charge in [0, 0.05) is 0 Å². The fraction of sp³-hybridized carbons (Fsp3) is 0.100. The molecule has 0 amide bonds. The van der Waals surface area contributed by atoms with Crippen LogP contribution >= 0.6 is 0 Å². The molecule has 0 spiro atoms. The third kappa shape index (κ3) is 2.63. The van der Waals surface area contributed by atoms with Gasteiger partial charge in [0.15, 0.2) is 5.76 Å². The lowest BCUT2D eigenvalue weighted by Gasteiger charge is -2.01. The zero-order valence-corrected chi connectivity index (χ0v) is 7.23. The molecule has 0 bridgehead atoms. The second kappa shape index (κ2) is 4.30. The largest absolute Gasteiger partial charge is 0.502 e. The number of ether oxygens (including phenoxy) is 1. The molecule has 0 saturated carbocycles. The van der Waals surface area contributed by atoms with E-state index in [1.165, 1.54) is 6.08 Å². The van der Waals surface area contributed by atoms with E-state index < -0.39 is 5.97 Å². The summed E-state index contributed by atoms with van der Waals surface area (Å²) in [6.45, 7) is 1.56. The van der Waals surface area contributed by atoms with E-state index in [4.69, 9.17) is 9.84 Å². The number of aliphatic hydroxyl groups is 1. The van der Waals surface area contributed by atoms with Crippen molar-refractivity contribution in [2.75, 3.05) is 0 Å². The first kappa shape index (κ1) is 9.32. The highest BCUT2D eigenvalue weighted by atomic mass is 16.5. The fourth-order valence-corrected chi connectivity index (χ4v) is 0.766. The molecule has 0 radical (unpaired) electrons. The van der Waals surface area contributed by atoms with E-state index in [0.717, 1.165) is 0 Å². The van der Waals surface area contributed by atoms with Gasteiger partial charge in [0.25, 0.3) is 0 Å². The Hall–Kier alpha value is -1.77. The first-order valence-corrected chi connectivity index (χ1v) is 3.86. The van der Waals surface area contributed by atoms with E-state index in [2.05, 4.69) is 0 Å². The minimum atomic E-state index is -0.742. The predicted molar refractivity (Wildman–Crippen MR) is 48.5 cm³/mol. The van der Waals surface area contributed by atoms with Gasteiger partial charge in [-0.15, -0.1) is 0 Å². The molecule has 3 heteroatoms. The summed E-state index contributed by atoms with van der Waals surface area (Å²) in [6, 6.07) is 8.58. The van der Waals surface area contributed by atoms with Gasteiger partial charge in [-0.05, 0) is 25.1 Å². The van der Waals surface area contributed by atoms with Crippen LogP contribution < -0.4 is 4.74 Å². The molecule has 0 aromatic heterocycles. The van der Waals surface area contributed by atoms with Gasteiger partial charge in [-0.3, -0.25) is 0 Å². The summed E-state index contributed by atoms with van der Waals surface area (Å²) in [4.78, 5) is 11.0. The summed E-state index contributed by atoms with van der Waals surface area (Å²) in [6.07, 6.45) is 1.28. The number of esters is 1. The molecule has 0 atom stereocenters. The van der Waals surface area contributed by atoms with Crippen LogP contribution in [0.15, 0.2) is 42.2 Å². The Morgan fingerprint density at radius 1 is 1.38 bits per heavy atom. The number of carbonyl (C=O) groups is 1. The number of aliphatic hydroxyl groups excluding tert-OH is 1. The number of para-hydroxylation sites is 1. The van der Waals surface area contributed by atoms with Gasteiger partial charge in [-0.2, -0.15) is 0 Å². The zero-order chi connectivity index (χ0) is 9.68. The molecule has 0 aliphatic heterocycles. The summed E-state index contributed by atoms with van der Waals surface area (Å²) in [5, 5.41) is 8.97.